The predicted octanol–water partition coefficient (Wildman–Crippen LogP) is 5.59. The Morgan fingerprint density at radius 2 is 1.67 bits per heavy atom. The highest BCUT2D eigenvalue weighted by Crippen LogP contribution is 2.46. The second kappa shape index (κ2) is 4.64. The van der Waals surface area contributed by atoms with Gasteiger partial charge in [-0.1, -0.05) is 41.9 Å². The van der Waals surface area contributed by atoms with Gasteiger partial charge in [0.1, 0.15) is 5.66 Å². The molecule has 2 atom stereocenters. The number of halogens is 1. The van der Waals surface area contributed by atoms with Crippen LogP contribution in [-0.2, 0) is 0 Å². The Kier molecular flexibility index (Phi) is 2.97. The van der Waals surface area contributed by atoms with E-state index in [2.05, 4.69) is 70.7 Å². The molecule has 2 nitrogen and oxygen atoms in total. The fraction of sp³-hybridized carbons (Fsp3) is 0.444. The van der Waals surface area contributed by atoms with Crippen LogP contribution in [0.3, 0.4) is 0 Å². The standard InChI is InChI=1S/C18H21BrN2/c1-11-8-12(2)10-18(9-11)20-15-5-3-4-13-14(19)6-7-16(21-18)17(13)15/h3-7,11-12,20-21H,8-10H2,1-2H3. The smallest absolute Gasteiger partial charge is 0.108 e. The van der Waals surface area contributed by atoms with Crippen LogP contribution in [0.2, 0.25) is 0 Å². The van der Waals surface area contributed by atoms with Crippen molar-refractivity contribution in [2.75, 3.05) is 10.6 Å². The third-order valence-corrected chi connectivity index (χ3v) is 5.63. The molecule has 1 aliphatic carbocycles. The molecule has 110 valence electrons. The highest BCUT2D eigenvalue weighted by Gasteiger charge is 2.40. The van der Waals surface area contributed by atoms with Crippen molar-refractivity contribution in [2.45, 2.75) is 38.8 Å². The molecule has 2 unspecified atom stereocenters. The molecule has 0 saturated heterocycles. The first-order valence-corrected chi connectivity index (χ1v) is 8.63. The number of anilines is 2. The molecule has 2 aromatic carbocycles. The Bertz CT molecular complexity index is 685. The van der Waals surface area contributed by atoms with Crippen molar-refractivity contribution in [3.8, 4) is 0 Å². The molecule has 0 aromatic heterocycles. The number of benzene rings is 2. The second-order valence-electron chi connectivity index (χ2n) is 7.01. The van der Waals surface area contributed by atoms with E-state index in [1.54, 1.807) is 0 Å². The molecule has 1 fully saturated rings. The molecule has 1 aliphatic heterocycles. The van der Waals surface area contributed by atoms with Gasteiger partial charge in [-0.15, -0.1) is 0 Å². The van der Waals surface area contributed by atoms with Crippen molar-refractivity contribution in [1.29, 1.82) is 0 Å². The molecule has 1 spiro atoms. The van der Waals surface area contributed by atoms with Gasteiger partial charge in [-0.25, -0.2) is 0 Å². The zero-order valence-corrected chi connectivity index (χ0v) is 14.1. The summed E-state index contributed by atoms with van der Waals surface area (Å²) >= 11 is 3.67. The van der Waals surface area contributed by atoms with Gasteiger partial charge in [-0.05, 0) is 49.3 Å². The lowest BCUT2D eigenvalue weighted by Gasteiger charge is -2.47. The fourth-order valence-corrected chi connectivity index (χ4v) is 4.92. The van der Waals surface area contributed by atoms with Gasteiger partial charge in [-0.2, -0.15) is 0 Å². The lowest BCUT2D eigenvalue weighted by atomic mass is 9.75. The fourth-order valence-electron chi connectivity index (χ4n) is 4.46. The van der Waals surface area contributed by atoms with E-state index in [1.165, 1.54) is 41.4 Å². The van der Waals surface area contributed by atoms with E-state index in [-0.39, 0.29) is 5.66 Å². The van der Waals surface area contributed by atoms with Crippen LogP contribution in [0.1, 0.15) is 33.1 Å². The number of hydrogen-bond donors (Lipinski definition) is 2. The van der Waals surface area contributed by atoms with Crippen LogP contribution in [0, 0.1) is 11.8 Å². The van der Waals surface area contributed by atoms with Crippen molar-refractivity contribution in [1.82, 2.24) is 0 Å². The minimum absolute atomic E-state index is 0.0200. The van der Waals surface area contributed by atoms with Gasteiger partial charge >= 0.3 is 0 Å². The molecule has 3 heteroatoms. The maximum Gasteiger partial charge on any atom is 0.108 e. The Morgan fingerprint density at radius 1 is 1.00 bits per heavy atom. The van der Waals surface area contributed by atoms with E-state index < -0.39 is 0 Å². The highest BCUT2D eigenvalue weighted by molar-refractivity contribution is 9.10. The van der Waals surface area contributed by atoms with Crippen LogP contribution < -0.4 is 10.6 Å². The molecule has 21 heavy (non-hydrogen) atoms. The Hall–Kier alpha value is -1.22. The lowest BCUT2D eigenvalue weighted by Crippen LogP contribution is -2.52. The number of nitrogens with one attached hydrogen (secondary N) is 2. The summed E-state index contributed by atoms with van der Waals surface area (Å²) in [6.07, 6.45) is 3.70. The van der Waals surface area contributed by atoms with Crippen LogP contribution in [0.4, 0.5) is 11.4 Å². The molecule has 2 aromatic rings. The summed E-state index contributed by atoms with van der Waals surface area (Å²) in [7, 11) is 0. The summed E-state index contributed by atoms with van der Waals surface area (Å²) < 4.78 is 1.16. The van der Waals surface area contributed by atoms with Gasteiger partial charge in [0.05, 0.1) is 0 Å². The Morgan fingerprint density at radius 3 is 2.38 bits per heavy atom. The summed E-state index contributed by atoms with van der Waals surface area (Å²) in [4.78, 5) is 0. The molecule has 2 N–H and O–H groups in total. The number of rotatable bonds is 0. The summed E-state index contributed by atoms with van der Waals surface area (Å²) in [6, 6.07) is 10.9. The average molecular weight is 345 g/mol. The van der Waals surface area contributed by atoms with Gasteiger partial charge < -0.3 is 10.6 Å². The first-order chi connectivity index (χ1) is 10.1. The monoisotopic (exact) mass is 344 g/mol. The topological polar surface area (TPSA) is 24.1 Å². The van der Waals surface area contributed by atoms with E-state index in [0.29, 0.717) is 0 Å². The first kappa shape index (κ1) is 13.4. The van der Waals surface area contributed by atoms with Crippen molar-refractivity contribution in [2.24, 2.45) is 11.8 Å². The normalized spacial score (nSPS) is 31.0. The highest BCUT2D eigenvalue weighted by atomic mass is 79.9. The zero-order valence-electron chi connectivity index (χ0n) is 12.5. The van der Waals surface area contributed by atoms with Gasteiger partial charge in [0, 0.05) is 26.6 Å². The summed E-state index contributed by atoms with van der Waals surface area (Å²) in [5, 5.41) is 10.2. The third kappa shape index (κ3) is 2.13. The van der Waals surface area contributed by atoms with E-state index in [1.807, 2.05) is 0 Å². The minimum Gasteiger partial charge on any atom is -0.362 e. The second-order valence-corrected chi connectivity index (χ2v) is 7.86. The van der Waals surface area contributed by atoms with E-state index in [9.17, 15) is 0 Å². The van der Waals surface area contributed by atoms with Gasteiger partial charge in [0.25, 0.3) is 0 Å². The number of hydrogen-bond acceptors (Lipinski definition) is 2. The van der Waals surface area contributed by atoms with Crippen molar-refractivity contribution in [3.05, 3.63) is 34.8 Å². The van der Waals surface area contributed by atoms with Crippen LogP contribution >= 0.6 is 15.9 Å². The Balaban J connectivity index is 1.84. The molecule has 0 bridgehead atoms. The summed E-state index contributed by atoms with van der Waals surface area (Å²) in [6.45, 7) is 4.75. The molecular formula is C18H21BrN2. The van der Waals surface area contributed by atoms with Crippen LogP contribution in [0.25, 0.3) is 10.8 Å². The van der Waals surface area contributed by atoms with Crippen molar-refractivity contribution < 1.29 is 0 Å². The third-order valence-electron chi connectivity index (χ3n) is 4.93. The minimum atomic E-state index is 0.0200. The molecule has 1 saturated carbocycles. The predicted molar refractivity (Wildman–Crippen MR) is 93.8 cm³/mol. The van der Waals surface area contributed by atoms with Crippen LogP contribution in [0.15, 0.2) is 34.8 Å². The maximum atomic E-state index is 3.83. The van der Waals surface area contributed by atoms with Gasteiger partial charge in [0.15, 0.2) is 0 Å². The van der Waals surface area contributed by atoms with E-state index in [0.717, 1.165) is 16.3 Å². The summed E-state index contributed by atoms with van der Waals surface area (Å²) in [5.41, 5.74) is 2.55. The SMILES string of the molecule is CC1CC(C)CC2(C1)Nc1cccc3c(Br)ccc(c13)N2. The lowest BCUT2D eigenvalue weighted by molar-refractivity contribution is 0.221. The summed E-state index contributed by atoms with van der Waals surface area (Å²) in [5.74, 6) is 1.51. The van der Waals surface area contributed by atoms with Crippen LogP contribution in [0.5, 0.6) is 0 Å². The largest absolute Gasteiger partial charge is 0.362 e. The molecule has 0 radical (unpaired) electrons. The molecule has 4 rings (SSSR count). The maximum absolute atomic E-state index is 3.83. The van der Waals surface area contributed by atoms with Crippen molar-refractivity contribution >= 4 is 38.1 Å². The first-order valence-electron chi connectivity index (χ1n) is 7.84. The molecule has 0 amide bonds. The van der Waals surface area contributed by atoms with Crippen LogP contribution in [-0.4, -0.2) is 5.66 Å². The Labute approximate surface area is 134 Å². The van der Waals surface area contributed by atoms with Crippen molar-refractivity contribution in [3.63, 3.8) is 0 Å². The van der Waals surface area contributed by atoms with Gasteiger partial charge in [-0.3, -0.25) is 0 Å². The molecular weight excluding hydrogens is 324 g/mol. The quantitative estimate of drug-likeness (QED) is 0.650. The van der Waals surface area contributed by atoms with E-state index >= 15 is 0 Å². The molecule has 1 heterocycles. The zero-order chi connectivity index (χ0) is 14.6. The average Bonchev–Trinajstić information content (AvgIpc) is 2.41. The van der Waals surface area contributed by atoms with Gasteiger partial charge in [0.2, 0.25) is 0 Å². The molecule has 2 aliphatic rings. The van der Waals surface area contributed by atoms with E-state index in [4.69, 9.17) is 0 Å².